The number of hydrogen-bond acceptors (Lipinski definition) is 4. The molecule has 1 aromatic carbocycles. The molecule has 6 N–H and O–H groups in total. The van der Waals surface area contributed by atoms with Crippen molar-refractivity contribution in [2.75, 3.05) is 18.9 Å². The summed E-state index contributed by atoms with van der Waals surface area (Å²) >= 11 is 0. The molecule has 28 heavy (non-hydrogen) atoms. The number of amides is 3. The number of carbonyl (C=O) groups excluding carboxylic acids is 2. The Labute approximate surface area is 159 Å². The van der Waals surface area contributed by atoms with Gasteiger partial charge in [0.25, 0.3) is 0 Å². The first-order valence-corrected chi connectivity index (χ1v) is 7.89. The Morgan fingerprint density at radius 2 is 1.82 bits per heavy atom. The van der Waals surface area contributed by atoms with Gasteiger partial charge in [-0.3, -0.25) is 10.1 Å². The molecule has 0 aliphatic rings. The number of guanidine groups is 1. The van der Waals surface area contributed by atoms with E-state index in [4.69, 9.17) is 15.6 Å². The highest BCUT2D eigenvalue weighted by atomic mass is 19.4. The third-order valence-corrected chi connectivity index (χ3v) is 3.11. The highest BCUT2D eigenvalue weighted by Gasteiger charge is 2.38. The molecule has 9 nitrogen and oxygen atoms in total. The van der Waals surface area contributed by atoms with Crippen LogP contribution >= 0.6 is 0 Å². The zero-order valence-corrected chi connectivity index (χ0v) is 15.5. The van der Waals surface area contributed by atoms with Gasteiger partial charge in [0.1, 0.15) is 6.54 Å². The first-order valence-electron chi connectivity index (χ1n) is 7.89. The predicted molar refractivity (Wildman–Crippen MR) is 97.0 cm³/mol. The molecule has 1 aromatic rings. The number of aliphatic imine (C=N–C) groups is 1. The van der Waals surface area contributed by atoms with Crippen LogP contribution in [0.1, 0.15) is 18.1 Å². The van der Waals surface area contributed by atoms with E-state index in [0.29, 0.717) is 0 Å². The standard InChI is InChI=1S/C14H21N5O2.C2HF3O2/c1-4-10-7-5-6-9(2)12(10)18-11(20)8-17-13(15)19-14(21)16-3;3-2(4,5)1(6)7/h5-7H,4,8H2,1-3H3,(H,18,20)(H4,15,16,17,19,21);(H,6,7). The van der Waals surface area contributed by atoms with E-state index in [1.807, 2.05) is 32.0 Å². The van der Waals surface area contributed by atoms with Crippen LogP contribution < -0.4 is 21.7 Å². The Morgan fingerprint density at radius 3 is 2.29 bits per heavy atom. The van der Waals surface area contributed by atoms with Gasteiger partial charge < -0.3 is 21.5 Å². The van der Waals surface area contributed by atoms with Gasteiger partial charge in [0.15, 0.2) is 5.96 Å². The van der Waals surface area contributed by atoms with Crippen molar-refractivity contribution in [2.45, 2.75) is 26.4 Å². The predicted octanol–water partition coefficient (Wildman–Crippen LogP) is 1.37. The van der Waals surface area contributed by atoms with Crippen LogP contribution in [0.4, 0.5) is 23.7 Å². The summed E-state index contributed by atoms with van der Waals surface area (Å²) in [6.07, 6.45) is -4.26. The van der Waals surface area contributed by atoms with Crippen molar-refractivity contribution in [3.05, 3.63) is 29.3 Å². The number of aryl methyl sites for hydroxylation is 2. The summed E-state index contributed by atoms with van der Waals surface area (Å²) in [4.78, 5) is 35.6. The summed E-state index contributed by atoms with van der Waals surface area (Å²) in [7, 11) is 1.46. The molecular formula is C16H22F3N5O4. The molecule has 0 unspecified atom stereocenters. The Hall–Kier alpha value is -3.31. The summed E-state index contributed by atoms with van der Waals surface area (Å²) in [6, 6.07) is 5.36. The van der Waals surface area contributed by atoms with E-state index in [9.17, 15) is 22.8 Å². The van der Waals surface area contributed by atoms with Gasteiger partial charge in [0.05, 0.1) is 0 Å². The number of carboxylic acids is 1. The number of urea groups is 1. The highest BCUT2D eigenvalue weighted by molar-refractivity contribution is 5.98. The molecule has 156 valence electrons. The number of halogens is 3. The Bertz CT molecular complexity index is 735. The van der Waals surface area contributed by atoms with Crippen LogP contribution in [0.3, 0.4) is 0 Å². The van der Waals surface area contributed by atoms with Crippen LogP contribution in [-0.4, -0.2) is 48.7 Å². The Kier molecular flexibility index (Phi) is 10.1. The maximum atomic E-state index is 11.9. The van der Waals surface area contributed by atoms with Crippen LogP contribution in [0.2, 0.25) is 0 Å². The first kappa shape index (κ1) is 24.7. The van der Waals surface area contributed by atoms with E-state index in [0.717, 1.165) is 23.2 Å². The van der Waals surface area contributed by atoms with E-state index in [2.05, 4.69) is 20.9 Å². The van der Waals surface area contributed by atoms with E-state index in [1.165, 1.54) is 7.05 Å². The maximum Gasteiger partial charge on any atom is 0.490 e. The minimum Gasteiger partial charge on any atom is -0.475 e. The number of nitrogens with zero attached hydrogens (tertiary/aromatic N) is 1. The molecule has 1 rings (SSSR count). The van der Waals surface area contributed by atoms with Gasteiger partial charge in [0.2, 0.25) is 5.91 Å². The lowest BCUT2D eigenvalue weighted by atomic mass is 10.1. The summed E-state index contributed by atoms with van der Waals surface area (Å²) in [5, 5.41) is 14.6. The zero-order chi connectivity index (χ0) is 21.9. The minimum atomic E-state index is -5.08. The van der Waals surface area contributed by atoms with Crippen molar-refractivity contribution in [3.8, 4) is 0 Å². The number of para-hydroxylation sites is 1. The molecule has 0 saturated heterocycles. The molecule has 0 aromatic heterocycles. The maximum absolute atomic E-state index is 11.9. The average Bonchev–Trinajstić information content (AvgIpc) is 2.61. The van der Waals surface area contributed by atoms with Crippen LogP contribution in [-0.2, 0) is 16.0 Å². The molecule has 0 aliphatic heterocycles. The topological polar surface area (TPSA) is 146 Å². The second-order valence-electron chi connectivity index (χ2n) is 5.22. The van der Waals surface area contributed by atoms with Crippen molar-refractivity contribution in [2.24, 2.45) is 10.7 Å². The Morgan fingerprint density at radius 1 is 1.25 bits per heavy atom. The van der Waals surface area contributed by atoms with Crippen LogP contribution in [0.5, 0.6) is 0 Å². The van der Waals surface area contributed by atoms with Crippen molar-refractivity contribution in [1.82, 2.24) is 10.6 Å². The molecule has 0 radical (unpaired) electrons. The first-order chi connectivity index (χ1) is 12.9. The molecule has 0 heterocycles. The van der Waals surface area contributed by atoms with Crippen molar-refractivity contribution in [1.29, 1.82) is 0 Å². The fourth-order valence-electron chi connectivity index (χ4n) is 1.76. The third-order valence-electron chi connectivity index (χ3n) is 3.11. The number of benzene rings is 1. The average molecular weight is 405 g/mol. The summed E-state index contributed by atoms with van der Waals surface area (Å²) < 4.78 is 31.7. The lowest BCUT2D eigenvalue weighted by Crippen LogP contribution is -2.42. The quantitative estimate of drug-likeness (QED) is 0.379. The molecule has 12 heteroatoms. The van der Waals surface area contributed by atoms with Crippen LogP contribution in [0.15, 0.2) is 23.2 Å². The number of rotatable bonds is 4. The van der Waals surface area contributed by atoms with Crippen molar-refractivity contribution >= 4 is 29.6 Å². The van der Waals surface area contributed by atoms with Crippen molar-refractivity contribution in [3.63, 3.8) is 0 Å². The van der Waals surface area contributed by atoms with Gasteiger partial charge in [-0.25, -0.2) is 14.6 Å². The van der Waals surface area contributed by atoms with Crippen molar-refractivity contribution < 1.29 is 32.7 Å². The number of aliphatic carboxylic acids is 1. The number of hydrogen-bond donors (Lipinski definition) is 5. The molecule has 0 atom stereocenters. The third kappa shape index (κ3) is 9.40. The zero-order valence-electron chi connectivity index (χ0n) is 15.5. The lowest BCUT2D eigenvalue weighted by molar-refractivity contribution is -0.192. The molecule has 0 fully saturated rings. The van der Waals surface area contributed by atoms with Gasteiger partial charge in [-0.15, -0.1) is 0 Å². The fourth-order valence-corrected chi connectivity index (χ4v) is 1.76. The summed E-state index contributed by atoms with van der Waals surface area (Å²) in [6.45, 7) is 3.79. The van der Waals surface area contributed by atoms with E-state index in [1.54, 1.807) is 0 Å². The fraction of sp³-hybridized carbons (Fsp3) is 0.375. The van der Waals surface area contributed by atoms with Gasteiger partial charge in [-0.2, -0.15) is 13.2 Å². The minimum absolute atomic E-state index is 0.106. The molecule has 0 saturated carbocycles. The molecule has 0 bridgehead atoms. The lowest BCUT2D eigenvalue weighted by Gasteiger charge is -2.12. The van der Waals surface area contributed by atoms with Gasteiger partial charge >= 0.3 is 18.2 Å². The van der Waals surface area contributed by atoms with Gasteiger partial charge in [-0.1, -0.05) is 25.1 Å². The van der Waals surface area contributed by atoms with E-state index < -0.39 is 18.2 Å². The molecule has 0 spiro atoms. The van der Waals surface area contributed by atoms with Gasteiger partial charge in [-0.05, 0) is 24.5 Å². The SMILES string of the molecule is CCc1cccc(C)c1NC(=O)CN=C(N)NC(=O)NC.O=C(O)C(F)(F)F. The number of nitrogens with one attached hydrogen (secondary N) is 3. The van der Waals surface area contributed by atoms with E-state index >= 15 is 0 Å². The van der Waals surface area contributed by atoms with Crippen LogP contribution in [0, 0.1) is 6.92 Å². The van der Waals surface area contributed by atoms with Crippen LogP contribution in [0.25, 0.3) is 0 Å². The number of anilines is 1. The largest absolute Gasteiger partial charge is 0.490 e. The van der Waals surface area contributed by atoms with Gasteiger partial charge in [0, 0.05) is 12.7 Å². The smallest absolute Gasteiger partial charge is 0.475 e. The number of carboxylic acid groups (broad SMARTS) is 1. The van der Waals surface area contributed by atoms with E-state index in [-0.39, 0.29) is 18.4 Å². The monoisotopic (exact) mass is 405 g/mol. The Balaban J connectivity index is 0.000000887. The number of alkyl halides is 3. The second kappa shape index (κ2) is 11.4. The highest BCUT2D eigenvalue weighted by Crippen LogP contribution is 2.20. The summed E-state index contributed by atoms with van der Waals surface area (Å²) in [5.74, 6) is -3.15. The molecular weight excluding hydrogens is 383 g/mol. The normalized spacial score (nSPS) is 11.0. The summed E-state index contributed by atoms with van der Waals surface area (Å²) in [5.41, 5.74) is 8.33. The molecule has 3 amide bonds. The molecule has 0 aliphatic carbocycles. The number of carbonyl (C=O) groups is 3. The number of nitrogens with two attached hydrogens (primary N) is 1. The second-order valence-corrected chi connectivity index (χ2v) is 5.22.